The Balaban J connectivity index is 1.59. The first kappa shape index (κ1) is 15.7. The zero-order valence-corrected chi connectivity index (χ0v) is 12.2. The van der Waals surface area contributed by atoms with E-state index in [0.29, 0.717) is 19.3 Å². The van der Waals surface area contributed by atoms with Gasteiger partial charge in [-0.25, -0.2) is 9.78 Å². The lowest BCUT2D eigenvalue weighted by Gasteiger charge is -2.16. The van der Waals surface area contributed by atoms with Gasteiger partial charge in [0, 0.05) is 25.2 Å². The topological polar surface area (TPSA) is 71.9 Å². The van der Waals surface area contributed by atoms with E-state index in [9.17, 15) is 18.0 Å². The van der Waals surface area contributed by atoms with Crippen molar-refractivity contribution in [1.82, 2.24) is 9.88 Å². The van der Waals surface area contributed by atoms with Gasteiger partial charge in [-0.3, -0.25) is 0 Å². The largest absolute Gasteiger partial charge is 0.491 e. The van der Waals surface area contributed by atoms with Crippen LogP contribution in [0.3, 0.4) is 0 Å². The van der Waals surface area contributed by atoms with Crippen LogP contribution in [0.15, 0.2) is 12.3 Å². The molecule has 1 amide bonds. The first-order valence-corrected chi connectivity index (χ1v) is 7.03. The number of likely N-dealkylation sites (tertiary alicyclic amines) is 1. The summed E-state index contributed by atoms with van der Waals surface area (Å²) in [5.74, 6) is 0.663. The van der Waals surface area contributed by atoms with Crippen LogP contribution in [0.1, 0.15) is 5.56 Å². The number of hydrogen-bond acceptors (Lipinski definition) is 4. The zero-order valence-electron chi connectivity index (χ0n) is 12.2. The quantitative estimate of drug-likeness (QED) is 0.916. The van der Waals surface area contributed by atoms with Gasteiger partial charge in [-0.1, -0.05) is 0 Å². The molecule has 3 rings (SSSR count). The molecule has 1 aliphatic carbocycles. The molecule has 1 N–H and O–H groups in total. The predicted molar refractivity (Wildman–Crippen MR) is 71.4 cm³/mol. The summed E-state index contributed by atoms with van der Waals surface area (Å²) in [5, 5.41) is 8.88. The number of carboxylic acid groups (broad SMARTS) is 1. The molecule has 1 aromatic heterocycles. The Morgan fingerprint density at radius 3 is 2.61 bits per heavy atom. The Hall–Kier alpha value is -2.19. The molecule has 1 aromatic rings. The Bertz CT molecular complexity index is 611. The smallest absolute Gasteiger partial charge is 0.418 e. The van der Waals surface area contributed by atoms with Crippen LogP contribution in [0.2, 0.25) is 0 Å². The van der Waals surface area contributed by atoms with Crippen molar-refractivity contribution in [3.8, 4) is 11.6 Å². The van der Waals surface area contributed by atoms with Gasteiger partial charge < -0.3 is 19.5 Å². The average molecular weight is 332 g/mol. The molecule has 2 fully saturated rings. The van der Waals surface area contributed by atoms with Crippen LogP contribution < -0.4 is 9.47 Å². The second kappa shape index (κ2) is 5.47. The fourth-order valence-electron chi connectivity index (χ4n) is 3.07. The van der Waals surface area contributed by atoms with Crippen LogP contribution in [0, 0.1) is 17.8 Å². The molecule has 23 heavy (non-hydrogen) atoms. The maximum Gasteiger partial charge on any atom is 0.418 e. The Kier molecular flexibility index (Phi) is 3.73. The number of rotatable bonds is 4. The summed E-state index contributed by atoms with van der Waals surface area (Å²) in [6.07, 6.45) is -4.72. The molecule has 1 saturated carbocycles. The van der Waals surface area contributed by atoms with Gasteiger partial charge in [0.1, 0.15) is 0 Å². The lowest BCUT2D eigenvalue weighted by molar-refractivity contribution is -0.138. The van der Waals surface area contributed by atoms with Gasteiger partial charge in [0.2, 0.25) is 0 Å². The van der Waals surface area contributed by atoms with E-state index in [0.717, 1.165) is 6.07 Å². The third-order valence-corrected chi connectivity index (χ3v) is 4.42. The van der Waals surface area contributed by atoms with Crippen molar-refractivity contribution in [3.05, 3.63) is 17.8 Å². The number of carbonyl (C=O) groups is 1. The third-order valence-electron chi connectivity index (χ3n) is 4.42. The summed E-state index contributed by atoms with van der Waals surface area (Å²) < 4.78 is 48.3. The highest BCUT2D eigenvalue weighted by Crippen LogP contribution is 2.51. The molecule has 2 heterocycles. The first-order valence-electron chi connectivity index (χ1n) is 7.03. The fraction of sp³-hybridized carbons (Fsp3) is 0.571. The van der Waals surface area contributed by atoms with Gasteiger partial charge in [0.25, 0.3) is 5.88 Å². The lowest BCUT2D eigenvalue weighted by atomic mass is 10.2. The molecule has 1 aliphatic heterocycles. The molecule has 0 radical (unpaired) electrons. The highest BCUT2D eigenvalue weighted by atomic mass is 19.4. The molecule has 3 atom stereocenters. The second-order valence-corrected chi connectivity index (χ2v) is 5.72. The summed E-state index contributed by atoms with van der Waals surface area (Å²) in [6, 6.07) is 0.849. The van der Waals surface area contributed by atoms with Crippen LogP contribution in [0.5, 0.6) is 11.6 Å². The number of amides is 1. The molecule has 1 saturated heterocycles. The van der Waals surface area contributed by atoms with Gasteiger partial charge in [0.15, 0.2) is 5.75 Å². The number of pyridine rings is 1. The fourth-order valence-corrected chi connectivity index (χ4v) is 3.07. The van der Waals surface area contributed by atoms with E-state index >= 15 is 0 Å². The summed E-state index contributed by atoms with van der Waals surface area (Å²) in [7, 11) is 1.25. The van der Waals surface area contributed by atoms with Gasteiger partial charge in [-0.2, -0.15) is 13.2 Å². The SMILES string of the molecule is COc1cc(C(F)(F)F)cnc1OC[C@@H]1[C@H]2CN(C(=O)O)C[C@@H]12. The number of nitrogens with zero attached hydrogens (tertiary/aromatic N) is 2. The van der Waals surface area contributed by atoms with Crippen molar-refractivity contribution >= 4 is 6.09 Å². The van der Waals surface area contributed by atoms with Crippen LogP contribution in [0.25, 0.3) is 0 Å². The number of halogens is 3. The zero-order chi connectivity index (χ0) is 16.8. The summed E-state index contributed by atoms with van der Waals surface area (Å²) in [5.41, 5.74) is -0.901. The van der Waals surface area contributed by atoms with E-state index in [1.54, 1.807) is 0 Å². The van der Waals surface area contributed by atoms with Gasteiger partial charge in [-0.05, 0) is 17.9 Å². The van der Waals surface area contributed by atoms with Crippen LogP contribution >= 0.6 is 0 Å². The maximum atomic E-state index is 12.6. The molecule has 126 valence electrons. The summed E-state index contributed by atoms with van der Waals surface area (Å²) >= 11 is 0. The molecular weight excluding hydrogens is 317 g/mol. The minimum atomic E-state index is -4.49. The van der Waals surface area contributed by atoms with Gasteiger partial charge in [-0.15, -0.1) is 0 Å². The maximum absolute atomic E-state index is 12.6. The number of ether oxygens (including phenoxy) is 2. The number of fused-ring (bicyclic) bond motifs is 1. The number of piperidine rings is 1. The monoisotopic (exact) mass is 332 g/mol. The Labute approximate surface area is 129 Å². The van der Waals surface area contributed by atoms with Crippen molar-refractivity contribution < 1.29 is 32.5 Å². The average Bonchev–Trinajstić information content (AvgIpc) is 2.93. The lowest BCUT2D eigenvalue weighted by Crippen LogP contribution is -2.30. The standard InChI is InChI=1S/C14H15F3N2O4/c1-22-11-2-7(14(15,16)17)3-18-12(11)23-6-10-8-4-19(13(20)21)5-9(8)10/h2-3,8-10H,4-6H2,1H3,(H,20,21)/t8-,9+,10+. The van der Waals surface area contributed by atoms with E-state index in [1.165, 1.54) is 12.0 Å². The van der Waals surface area contributed by atoms with Crippen LogP contribution in [-0.4, -0.2) is 47.9 Å². The molecule has 0 spiro atoms. The molecule has 9 heteroatoms. The Morgan fingerprint density at radius 2 is 2.09 bits per heavy atom. The molecule has 0 aromatic carbocycles. The van der Waals surface area contributed by atoms with Crippen molar-refractivity contribution in [2.75, 3.05) is 26.8 Å². The second-order valence-electron chi connectivity index (χ2n) is 5.72. The van der Waals surface area contributed by atoms with Crippen molar-refractivity contribution in [2.24, 2.45) is 17.8 Å². The van der Waals surface area contributed by atoms with E-state index in [2.05, 4.69) is 4.98 Å². The Morgan fingerprint density at radius 1 is 1.43 bits per heavy atom. The van der Waals surface area contributed by atoms with Crippen molar-refractivity contribution in [1.29, 1.82) is 0 Å². The normalized spacial score (nSPS) is 25.9. The van der Waals surface area contributed by atoms with E-state index in [1.807, 2.05) is 0 Å². The molecule has 0 bridgehead atoms. The first-order chi connectivity index (χ1) is 10.8. The van der Waals surface area contributed by atoms with E-state index in [-0.39, 0.29) is 36.0 Å². The summed E-state index contributed by atoms with van der Waals surface area (Å²) in [6.45, 7) is 1.24. The van der Waals surface area contributed by atoms with Crippen LogP contribution in [-0.2, 0) is 6.18 Å². The molecule has 6 nitrogen and oxygen atoms in total. The number of methoxy groups -OCH3 is 1. The summed E-state index contributed by atoms with van der Waals surface area (Å²) in [4.78, 5) is 15.9. The third kappa shape index (κ3) is 2.99. The van der Waals surface area contributed by atoms with Gasteiger partial charge in [0.05, 0.1) is 19.3 Å². The molecule has 2 aliphatic rings. The predicted octanol–water partition coefficient (Wildman–Crippen LogP) is 2.34. The van der Waals surface area contributed by atoms with Crippen molar-refractivity contribution in [3.63, 3.8) is 0 Å². The minimum absolute atomic E-state index is 0.0144. The van der Waals surface area contributed by atoms with E-state index < -0.39 is 17.8 Å². The highest BCUT2D eigenvalue weighted by Gasteiger charge is 2.57. The van der Waals surface area contributed by atoms with E-state index in [4.69, 9.17) is 14.6 Å². The highest BCUT2D eigenvalue weighted by molar-refractivity contribution is 5.65. The number of hydrogen-bond donors (Lipinski definition) is 1. The number of aromatic nitrogens is 1. The van der Waals surface area contributed by atoms with Gasteiger partial charge >= 0.3 is 12.3 Å². The number of alkyl halides is 3. The molecular formula is C14H15F3N2O4. The van der Waals surface area contributed by atoms with Crippen molar-refractivity contribution in [2.45, 2.75) is 6.18 Å². The van der Waals surface area contributed by atoms with Crippen LogP contribution in [0.4, 0.5) is 18.0 Å². The molecule has 0 unspecified atom stereocenters. The minimum Gasteiger partial charge on any atom is -0.491 e.